The second-order valence-corrected chi connectivity index (χ2v) is 6.53. The highest BCUT2D eigenvalue weighted by atomic mass is 35.5. The molecule has 0 radical (unpaired) electrons. The average molecular weight is 376 g/mol. The third kappa shape index (κ3) is 3.96. The first kappa shape index (κ1) is 18.2. The third-order valence-corrected chi connectivity index (χ3v) is 4.88. The molecule has 1 N–H and O–H groups in total. The van der Waals surface area contributed by atoms with Crippen LogP contribution in [0.2, 0.25) is 5.02 Å². The van der Waals surface area contributed by atoms with Gasteiger partial charge in [-0.1, -0.05) is 17.7 Å². The molecule has 2 aromatic carbocycles. The SMILES string of the molecule is Cc1c(Cl)cccc1NC(=O)C(=O)N1CCN(c2ccc(F)cc2)CC1. The van der Waals surface area contributed by atoms with Crippen molar-refractivity contribution >= 4 is 34.8 Å². The molecule has 136 valence electrons. The smallest absolute Gasteiger partial charge is 0.313 e. The fraction of sp³-hybridized carbons (Fsp3) is 0.263. The molecule has 5 nitrogen and oxygen atoms in total. The molecule has 2 aromatic rings. The number of hydrogen-bond donors (Lipinski definition) is 1. The molecule has 3 rings (SSSR count). The van der Waals surface area contributed by atoms with Crippen LogP contribution in [0.3, 0.4) is 0 Å². The van der Waals surface area contributed by atoms with Crippen LogP contribution in [0.5, 0.6) is 0 Å². The normalized spacial score (nSPS) is 14.3. The number of halogens is 2. The lowest BCUT2D eigenvalue weighted by molar-refractivity contribution is -0.143. The number of hydrogen-bond acceptors (Lipinski definition) is 3. The average Bonchev–Trinajstić information content (AvgIpc) is 2.65. The highest BCUT2D eigenvalue weighted by Crippen LogP contribution is 2.23. The van der Waals surface area contributed by atoms with Crippen LogP contribution in [0.25, 0.3) is 0 Å². The van der Waals surface area contributed by atoms with E-state index >= 15 is 0 Å². The minimum atomic E-state index is -0.675. The molecule has 0 spiro atoms. The van der Waals surface area contributed by atoms with Crippen LogP contribution in [-0.4, -0.2) is 42.9 Å². The van der Waals surface area contributed by atoms with E-state index in [0.717, 1.165) is 11.3 Å². The first-order chi connectivity index (χ1) is 12.5. The molecular formula is C19H19ClFN3O2. The summed E-state index contributed by atoms with van der Waals surface area (Å²) in [6.45, 7) is 3.81. The zero-order chi connectivity index (χ0) is 18.7. The van der Waals surface area contributed by atoms with Crippen LogP contribution < -0.4 is 10.2 Å². The lowest BCUT2D eigenvalue weighted by Crippen LogP contribution is -2.51. The number of piperazine rings is 1. The van der Waals surface area contributed by atoms with Crippen molar-refractivity contribution in [3.05, 3.63) is 58.9 Å². The zero-order valence-corrected chi connectivity index (χ0v) is 15.1. The minimum absolute atomic E-state index is 0.282. The molecular weight excluding hydrogens is 357 g/mol. The predicted octanol–water partition coefficient (Wildman–Crippen LogP) is 3.07. The van der Waals surface area contributed by atoms with E-state index in [1.807, 2.05) is 0 Å². The Morgan fingerprint density at radius 3 is 2.35 bits per heavy atom. The van der Waals surface area contributed by atoms with E-state index in [2.05, 4.69) is 10.2 Å². The van der Waals surface area contributed by atoms with Crippen LogP contribution in [-0.2, 0) is 9.59 Å². The van der Waals surface area contributed by atoms with Crippen LogP contribution in [0, 0.1) is 12.7 Å². The molecule has 1 aliphatic rings. The Hall–Kier alpha value is -2.60. The van der Waals surface area contributed by atoms with Crippen molar-refractivity contribution in [3.8, 4) is 0 Å². The van der Waals surface area contributed by atoms with Crippen LogP contribution in [0.1, 0.15) is 5.56 Å². The fourth-order valence-corrected chi connectivity index (χ4v) is 3.06. The Bertz CT molecular complexity index is 818. The quantitative estimate of drug-likeness (QED) is 0.821. The van der Waals surface area contributed by atoms with Crippen LogP contribution >= 0.6 is 11.6 Å². The largest absolute Gasteiger partial charge is 0.368 e. The van der Waals surface area contributed by atoms with Crippen molar-refractivity contribution in [3.63, 3.8) is 0 Å². The molecule has 0 aromatic heterocycles. The van der Waals surface area contributed by atoms with Gasteiger partial charge in [-0.3, -0.25) is 9.59 Å². The standard InChI is InChI=1S/C19H19ClFN3O2/c1-13-16(20)3-2-4-17(13)22-18(25)19(26)24-11-9-23(10-12-24)15-7-5-14(21)6-8-15/h2-8H,9-12H2,1H3,(H,22,25). The first-order valence-corrected chi connectivity index (χ1v) is 8.69. The van der Waals surface area contributed by atoms with Gasteiger partial charge in [0.05, 0.1) is 0 Å². The number of benzene rings is 2. The van der Waals surface area contributed by atoms with Crippen molar-refractivity contribution in [1.29, 1.82) is 0 Å². The predicted molar refractivity (Wildman–Crippen MR) is 100 cm³/mol. The second-order valence-electron chi connectivity index (χ2n) is 6.12. The zero-order valence-electron chi connectivity index (χ0n) is 14.3. The highest BCUT2D eigenvalue weighted by Gasteiger charge is 2.26. The summed E-state index contributed by atoms with van der Waals surface area (Å²) in [5.41, 5.74) is 2.15. The number of anilines is 2. The molecule has 0 saturated carbocycles. The van der Waals surface area contributed by atoms with Gasteiger partial charge in [-0.15, -0.1) is 0 Å². The van der Waals surface area contributed by atoms with Gasteiger partial charge in [0.2, 0.25) is 0 Å². The lowest BCUT2D eigenvalue weighted by atomic mass is 10.2. The van der Waals surface area contributed by atoms with E-state index in [0.29, 0.717) is 36.9 Å². The van der Waals surface area contributed by atoms with E-state index in [1.54, 1.807) is 37.3 Å². The molecule has 0 bridgehead atoms. The number of rotatable bonds is 2. The van der Waals surface area contributed by atoms with Crippen molar-refractivity contribution in [2.75, 3.05) is 36.4 Å². The number of carbonyl (C=O) groups excluding carboxylic acids is 2. The molecule has 1 aliphatic heterocycles. The molecule has 7 heteroatoms. The molecule has 1 fully saturated rings. The Morgan fingerprint density at radius 2 is 1.69 bits per heavy atom. The first-order valence-electron chi connectivity index (χ1n) is 8.31. The molecule has 1 saturated heterocycles. The molecule has 26 heavy (non-hydrogen) atoms. The van der Waals surface area contributed by atoms with Gasteiger partial charge < -0.3 is 15.1 Å². The Balaban J connectivity index is 1.58. The van der Waals surface area contributed by atoms with Crippen molar-refractivity contribution < 1.29 is 14.0 Å². The van der Waals surface area contributed by atoms with Gasteiger partial charge in [0, 0.05) is 42.6 Å². The van der Waals surface area contributed by atoms with Crippen molar-refractivity contribution in [2.24, 2.45) is 0 Å². The van der Waals surface area contributed by atoms with E-state index in [9.17, 15) is 14.0 Å². The van der Waals surface area contributed by atoms with Crippen LogP contribution in [0.4, 0.5) is 15.8 Å². The Kier molecular flexibility index (Phi) is 5.42. The van der Waals surface area contributed by atoms with Crippen molar-refractivity contribution in [2.45, 2.75) is 6.92 Å². The minimum Gasteiger partial charge on any atom is -0.368 e. The lowest BCUT2D eigenvalue weighted by Gasteiger charge is -2.35. The Morgan fingerprint density at radius 1 is 1.04 bits per heavy atom. The maximum atomic E-state index is 13.0. The Labute approximate surface area is 156 Å². The molecule has 0 aliphatic carbocycles. The maximum absolute atomic E-state index is 13.0. The number of nitrogens with one attached hydrogen (secondary N) is 1. The summed E-state index contributed by atoms with van der Waals surface area (Å²) in [5, 5.41) is 3.16. The van der Waals surface area contributed by atoms with Crippen LogP contribution in [0.15, 0.2) is 42.5 Å². The molecule has 0 unspecified atom stereocenters. The number of amides is 2. The van der Waals surface area contributed by atoms with E-state index < -0.39 is 11.8 Å². The van der Waals surface area contributed by atoms with Crippen molar-refractivity contribution in [1.82, 2.24) is 4.90 Å². The van der Waals surface area contributed by atoms with Gasteiger partial charge in [-0.2, -0.15) is 0 Å². The highest BCUT2D eigenvalue weighted by molar-refractivity contribution is 6.40. The summed E-state index contributed by atoms with van der Waals surface area (Å²) < 4.78 is 13.0. The molecule has 2 amide bonds. The molecule has 1 heterocycles. The maximum Gasteiger partial charge on any atom is 0.313 e. The summed E-state index contributed by atoms with van der Waals surface area (Å²) in [5.74, 6) is -1.52. The molecule has 0 atom stereocenters. The van der Waals surface area contributed by atoms with E-state index in [-0.39, 0.29) is 5.82 Å². The van der Waals surface area contributed by atoms with Gasteiger partial charge in [-0.05, 0) is 48.9 Å². The number of nitrogens with zero attached hydrogens (tertiary/aromatic N) is 2. The summed E-state index contributed by atoms with van der Waals surface area (Å²) in [6, 6.07) is 11.4. The van der Waals surface area contributed by atoms with Gasteiger partial charge in [0.15, 0.2) is 0 Å². The summed E-state index contributed by atoms with van der Waals surface area (Å²) >= 11 is 6.03. The summed E-state index contributed by atoms with van der Waals surface area (Å²) in [7, 11) is 0. The third-order valence-electron chi connectivity index (χ3n) is 4.47. The van der Waals surface area contributed by atoms with E-state index in [1.165, 1.54) is 17.0 Å². The summed E-state index contributed by atoms with van der Waals surface area (Å²) in [4.78, 5) is 28.2. The van der Waals surface area contributed by atoms with Gasteiger partial charge in [0.1, 0.15) is 5.82 Å². The van der Waals surface area contributed by atoms with Gasteiger partial charge in [-0.25, -0.2) is 4.39 Å². The topological polar surface area (TPSA) is 52.7 Å². The number of carbonyl (C=O) groups is 2. The van der Waals surface area contributed by atoms with E-state index in [4.69, 9.17) is 11.6 Å². The van der Waals surface area contributed by atoms with Gasteiger partial charge in [0.25, 0.3) is 0 Å². The monoisotopic (exact) mass is 375 g/mol. The summed E-state index contributed by atoms with van der Waals surface area (Å²) in [6.07, 6.45) is 0. The second kappa shape index (κ2) is 7.74. The fourth-order valence-electron chi connectivity index (χ4n) is 2.88. The van der Waals surface area contributed by atoms with Gasteiger partial charge >= 0.3 is 11.8 Å².